The van der Waals surface area contributed by atoms with Gasteiger partial charge in [0, 0.05) is 5.57 Å². The van der Waals surface area contributed by atoms with Gasteiger partial charge in [0.1, 0.15) is 19.7 Å². The second-order valence-corrected chi connectivity index (χ2v) is 6.20. The molecular weight excluding hydrogens is 266 g/mol. The van der Waals surface area contributed by atoms with Gasteiger partial charge in [0.2, 0.25) is 0 Å². The van der Waals surface area contributed by atoms with Crippen LogP contribution < -0.4 is 0 Å². The van der Waals surface area contributed by atoms with E-state index in [0.717, 1.165) is 24.0 Å². The molecule has 1 unspecified atom stereocenters. The molecule has 0 rings (SSSR count). The van der Waals surface area contributed by atoms with Crippen LogP contribution in [0.25, 0.3) is 0 Å². The standard InChI is InChI=1S/C17H34NO3/c1-5-6-7-8-9-10-11-18(4,12-14-19)13-15-21-17(20)16(2)3/h19H,2,5-15H2,1,3-4H3/q+1. The highest BCUT2D eigenvalue weighted by Crippen LogP contribution is 2.10. The van der Waals surface area contributed by atoms with Gasteiger partial charge >= 0.3 is 5.97 Å². The normalized spacial score (nSPS) is 13.7. The van der Waals surface area contributed by atoms with Crippen LogP contribution in [0.5, 0.6) is 0 Å². The van der Waals surface area contributed by atoms with E-state index in [1.807, 2.05) is 0 Å². The van der Waals surface area contributed by atoms with Crippen LogP contribution in [0.15, 0.2) is 12.2 Å². The minimum absolute atomic E-state index is 0.167. The monoisotopic (exact) mass is 300 g/mol. The average Bonchev–Trinajstić information content (AvgIpc) is 2.42. The molecule has 1 atom stereocenters. The van der Waals surface area contributed by atoms with Gasteiger partial charge in [0.05, 0.1) is 20.2 Å². The number of carbonyl (C=O) groups is 1. The zero-order valence-corrected chi connectivity index (χ0v) is 14.2. The Morgan fingerprint density at radius 3 is 2.29 bits per heavy atom. The average molecular weight is 300 g/mol. The molecule has 0 aromatic rings. The molecule has 0 fully saturated rings. The van der Waals surface area contributed by atoms with Crippen LogP contribution in [-0.2, 0) is 9.53 Å². The van der Waals surface area contributed by atoms with Crippen molar-refractivity contribution in [2.45, 2.75) is 52.4 Å². The summed E-state index contributed by atoms with van der Waals surface area (Å²) < 4.78 is 5.93. The number of ether oxygens (including phenoxy) is 1. The zero-order chi connectivity index (χ0) is 16.1. The summed E-state index contributed by atoms with van der Waals surface area (Å²) in [6.07, 6.45) is 7.60. The molecule has 4 nitrogen and oxygen atoms in total. The van der Waals surface area contributed by atoms with Gasteiger partial charge in [-0.25, -0.2) is 4.79 Å². The Bertz CT molecular complexity index is 304. The predicted molar refractivity (Wildman–Crippen MR) is 87.0 cm³/mol. The molecule has 0 aliphatic rings. The summed E-state index contributed by atoms with van der Waals surface area (Å²) in [6.45, 7) is 10.5. The number of hydrogen-bond acceptors (Lipinski definition) is 3. The second kappa shape index (κ2) is 11.8. The van der Waals surface area contributed by atoms with Crippen LogP contribution in [0.2, 0.25) is 0 Å². The molecule has 0 heterocycles. The summed E-state index contributed by atoms with van der Waals surface area (Å²) in [6, 6.07) is 0. The molecule has 0 bridgehead atoms. The number of carbonyl (C=O) groups excluding carboxylic acids is 1. The van der Waals surface area contributed by atoms with Crippen molar-refractivity contribution in [3.05, 3.63) is 12.2 Å². The smallest absolute Gasteiger partial charge is 0.333 e. The maximum absolute atomic E-state index is 11.4. The lowest BCUT2D eigenvalue weighted by Crippen LogP contribution is -2.49. The minimum atomic E-state index is -0.329. The Balaban J connectivity index is 3.99. The van der Waals surface area contributed by atoms with Crippen molar-refractivity contribution in [1.82, 2.24) is 0 Å². The number of nitrogens with zero attached hydrogens (tertiary/aromatic N) is 1. The maximum atomic E-state index is 11.4. The van der Waals surface area contributed by atoms with Gasteiger partial charge < -0.3 is 14.3 Å². The zero-order valence-electron chi connectivity index (χ0n) is 14.2. The summed E-state index contributed by atoms with van der Waals surface area (Å²) in [5, 5.41) is 9.23. The molecule has 0 aromatic heterocycles. The summed E-state index contributed by atoms with van der Waals surface area (Å²) >= 11 is 0. The van der Waals surface area contributed by atoms with Crippen molar-refractivity contribution in [3.8, 4) is 0 Å². The van der Waals surface area contributed by atoms with Gasteiger partial charge in [-0.3, -0.25) is 0 Å². The lowest BCUT2D eigenvalue weighted by atomic mass is 10.1. The fourth-order valence-electron chi connectivity index (χ4n) is 2.33. The third-order valence-corrected chi connectivity index (χ3v) is 3.90. The fourth-order valence-corrected chi connectivity index (χ4v) is 2.33. The summed E-state index contributed by atoms with van der Waals surface area (Å²) in [5.74, 6) is -0.329. The second-order valence-electron chi connectivity index (χ2n) is 6.20. The molecule has 0 aromatic carbocycles. The van der Waals surface area contributed by atoms with E-state index in [-0.39, 0.29) is 12.6 Å². The van der Waals surface area contributed by atoms with Crippen LogP contribution in [0.1, 0.15) is 52.4 Å². The van der Waals surface area contributed by atoms with E-state index < -0.39 is 0 Å². The van der Waals surface area contributed by atoms with Crippen LogP contribution in [0.4, 0.5) is 0 Å². The highest BCUT2D eigenvalue weighted by molar-refractivity contribution is 5.86. The van der Waals surface area contributed by atoms with Gasteiger partial charge in [-0.1, -0.05) is 39.2 Å². The van der Waals surface area contributed by atoms with E-state index in [1.165, 1.54) is 32.1 Å². The van der Waals surface area contributed by atoms with Crippen molar-refractivity contribution >= 4 is 5.97 Å². The van der Waals surface area contributed by atoms with E-state index in [4.69, 9.17) is 4.74 Å². The SMILES string of the molecule is C=C(C)C(=O)OCC[N+](C)(CCO)CCCCCCCC. The molecule has 0 aliphatic heterocycles. The van der Waals surface area contributed by atoms with Crippen molar-refractivity contribution in [2.75, 3.05) is 39.9 Å². The highest BCUT2D eigenvalue weighted by Gasteiger charge is 2.21. The third-order valence-electron chi connectivity index (χ3n) is 3.90. The number of aliphatic hydroxyl groups excluding tert-OH is 1. The van der Waals surface area contributed by atoms with Crippen molar-refractivity contribution in [1.29, 1.82) is 0 Å². The first-order valence-electron chi connectivity index (χ1n) is 8.22. The predicted octanol–water partition coefficient (Wildman–Crippen LogP) is 2.91. The number of aliphatic hydroxyl groups is 1. The first kappa shape index (κ1) is 20.1. The molecular formula is C17H34NO3+. The van der Waals surface area contributed by atoms with Crippen molar-refractivity contribution in [3.63, 3.8) is 0 Å². The lowest BCUT2D eigenvalue weighted by Gasteiger charge is -2.34. The Hall–Kier alpha value is -0.870. The van der Waals surface area contributed by atoms with Crippen LogP contribution >= 0.6 is 0 Å². The molecule has 0 radical (unpaired) electrons. The molecule has 0 saturated heterocycles. The van der Waals surface area contributed by atoms with E-state index in [9.17, 15) is 9.90 Å². The van der Waals surface area contributed by atoms with Crippen molar-refractivity contribution in [2.24, 2.45) is 0 Å². The minimum Gasteiger partial charge on any atom is -0.456 e. The Labute approximate surface area is 130 Å². The van der Waals surface area contributed by atoms with Crippen LogP contribution in [0.3, 0.4) is 0 Å². The van der Waals surface area contributed by atoms with E-state index in [0.29, 0.717) is 18.7 Å². The van der Waals surface area contributed by atoms with Crippen molar-refractivity contribution < 1.29 is 19.1 Å². The van der Waals surface area contributed by atoms with E-state index >= 15 is 0 Å². The Morgan fingerprint density at radius 1 is 1.10 bits per heavy atom. The maximum Gasteiger partial charge on any atom is 0.333 e. The number of likely N-dealkylation sites (N-methyl/N-ethyl adjacent to an activating group) is 1. The van der Waals surface area contributed by atoms with Crippen LogP contribution in [-0.4, -0.2) is 55.5 Å². The number of esters is 1. The van der Waals surface area contributed by atoms with Gasteiger partial charge in [-0.2, -0.15) is 0 Å². The van der Waals surface area contributed by atoms with E-state index in [1.54, 1.807) is 6.92 Å². The first-order chi connectivity index (χ1) is 9.95. The molecule has 21 heavy (non-hydrogen) atoms. The quantitative estimate of drug-likeness (QED) is 0.246. The molecule has 124 valence electrons. The molecule has 0 spiro atoms. The fraction of sp³-hybridized carbons (Fsp3) is 0.824. The number of hydrogen-bond donors (Lipinski definition) is 1. The molecule has 4 heteroatoms. The summed E-state index contributed by atoms with van der Waals surface area (Å²) in [4.78, 5) is 11.4. The number of unbranched alkanes of at least 4 members (excludes halogenated alkanes) is 5. The summed E-state index contributed by atoms with van der Waals surface area (Å²) in [5.41, 5.74) is 0.433. The third kappa shape index (κ3) is 10.5. The topological polar surface area (TPSA) is 46.5 Å². The largest absolute Gasteiger partial charge is 0.456 e. The molecule has 0 aliphatic carbocycles. The Kier molecular flexibility index (Phi) is 11.3. The van der Waals surface area contributed by atoms with Gasteiger partial charge in [0.15, 0.2) is 0 Å². The first-order valence-corrected chi connectivity index (χ1v) is 8.22. The van der Waals surface area contributed by atoms with Crippen LogP contribution in [0, 0.1) is 0 Å². The highest BCUT2D eigenvalue weighted by atomic mass is 16.5. The number of rotatable bonds is 13. The molecule has 1 N–H and O–H groups in total. The number of quaternary nitrogens is 1. The molecule has 0 amide bonds. The molecule has 0 saturated carbocycles. The van der Waals surface area contributed by atoms with Gasteiger partial charge in [-0.15, -0.1) is 0 Å². The van der Waals surface area contributed by atoms with Gasteiger partial charge in [0.25, 0.3) is 0 Å². The lowest BCUT2D eigenvalue weighted by molar-refractivity contribution is -0.910. The summed E-state index contributed by atoms with van der Waals surface area (Å²) in [7, 11) is 2.12. The Morgan fingerprint density at radius 2 is 1.71 bits per heavy atom. The van der Waals surface area contributed by atoms with Gasteiger partial charge in [-0.05, 0) is 19.8 Å². The van der Waals surface area contributed by atoms with E-state index in [2.05, 4.69) is 20.6 Å².